The summed E-state index contributed by atoms with van der Waals surface area (Å²) in [6, 6.07) is 12.2. The molecule has 0 N–H and O–H groups in total. The molecule has 4 bridgehead atoms. The van der Waals surface area contributed by atoms with Gasteiger partial charge in [0, 0.05) is 74.6 Å². The number of ether oxygens (including phenoxy) is 2. The lowest BCUT2D eigenvalue weighted by atomic mass is 9.86. The van der Waals surface area contributed by atoms with E-state index >= 15 is 0 Å². The highest BCUT2D eigenvalue weighted by molar-refractivity contribution is 5.52. The minimum atomic E-state index is 0.659. The molecule has 4 fully saturated rings. The number of aromatic nitrogens is 2. The lowest BCUT2D eigenvalue weighted by molar-refractivity contribution is 0.0885. The van der Waals surface area contributed by atoms with Gasteiger partial charge >= 0.3 is 0 Å². The molecular formula is C28H42N6O2. The van der Waals surface area contributed by atoms with Gasteiger partial charge in [-0.15, -0.1) is 0 Å². The van der Waals surface area contributed by atoms with Gasteiger partial charge < -0.3 is 19.3 Å². The Hall–Kier alpha value is -2.58. The quantitative estimate of drug-likeness (QED) is 0.605. The van der Waals surface area contributed by atoms with E-state index in [1.807, 2.05) is 24.5 Å². The molecule has 2 aromatic heterocycles. The third kappa shape index (κ3) is 4.85. The lowest BCUT2D eigenvalue weighted by Gasteiger charge is -2.58. The molecule has 6 heterocycles. The first-order valence-corrected chi connectivity index (χ1v) is 13.4. The minimum absolute atomic E-state index is 0.659. The van der Waals surface area contributed by atoms with Crippen molar-refractivity contribution in [1.29, 1.82) is 0 Å². The molecule has 4 aliphatic rings. The summed E-state index contributed by atoms with van der Waals surface area (Å²) in [7, 11) is 3.31. The maximum Gasteiger partial charge on any atom is 0.213 e. The number of hydrogen-bond donors (Lipinski definition) is 0. The predicted octanol–water partition coefficient (Wildman–Crippen LogP) is 3.52. The van der Waals surface area contributed by atoms with Crippen LogP contribution in [0, 0.1) is 0 Å². The molecule has 0 spiro atoms. The van der Waals surface area contributed by atoms with Crippen LogP contribution in [0.2, 0.25) is 0 Å². The van der Waals surface area contributed by atoms with E-state index in [9.17, 15) is 0 Å². The number of rotatable bonds is 6. The van der Waals surface area contributed by atoms with Crippen LogP contribution in [-0.4, -0.2) is 96.4 Å². The zero-order chi connectivity index (χ0) is 25.4. The van der Waals surface area contributed by atoms with Gasteiger partial charge in [-0.05, 0) is 52.7 Å². The van der Waals surface area contributed by atoms with Gasteiger partial charge in [0.25, 0.3) is 0 Å². The Morgan fingerprint density at radius 1 is 0.694 bits per heavy atom. The van der Waals surface area contributed by atoms with Crippen LogP contribution in [0.3, 0.4) is 0 Å². The predicted molar refractivity (Wildman–Crippen MR) is 144 cm³/mol. The summed E-state index contributed by atoms with van der Waals surface area (Å²) in [6.45, 7) is 13.8. The maximum atomic E-state index is 5.11. The van der Waals surface area contributed by atoms with Gasteiger partial charge in [-0.3, -0.25) is 9.80 Å². The highest BCUT2D eigenvalue weighted by Crippen LogP contribution is 2.38. The van der Waals surface area contributed by atoms with Crippen molar-refractivity contribution in [2.75, 3.05) is 50.2 Å². The normalized spacial score (nSPS) is 27.2. The van der Waals surface area contributed by atoms with Crippen LogP contribution in [0.1, 0.15) is 40.5 Å². The zero-order valence-corrected chi connectivity index (χ0v) is 22.7. The van der Waals surface area contributed by atoms with Crippen molar-refractivity contribution in [3.63, 3.8) is 0 Å². The average molecular weight is 495 g/mol. The Labute approximate surface area is 216 Å². The second kappa shape index (κ2) is 10.4. The van der Waals surface area contributed by atoms with Gasteiger partial charge in [-0.1, -0.05) is 0 Å². The number of likely N-dealkylation sites (tertiary alicyclic amines) is 2. The number of nitrogens with zero attached hydrogens (tertiary/aromatic N) is 6. The van der Waals surface area contributed by atoms with Gasteiger partial charge in [0.2, 0.25) is 11.8 Å². The molecular weight excluding hydrogens is 452 g/mol. The van der Waals surface area contributed by atoms with E-state index in [-0.39, 0.29) is 0 Å². The number of piperidine rings is 1. The fourth-order valence-corrected chi connectivity index (χ4v) is 6.44. The number of pyridine rings is 2. The van der Waals surface area contributed by atoms with E-state index in [0.29, 0.717) is 42.0 Å². The van der Waals surface area contributed by atoms with Crippen LogP contribution in [0.25, 0.3) is 0 Å². The maximum absolute atomic E-state index is 5.11. The molecule has 0 saturated carbocycles. The molecule has 36 heavy (non-hydrogen) atoms. The molecule has 0 amide bonds. The number of methoxy groups -OCH3 is 2. The highest BCUT2D eigenvalue weighted by atomic mass is 16.5. The van der Waals surface area contributed by atoms with E-state index in [0.717, 1.165) is 12.6 Å². The second-order valence-electron chi connectivity index (χ2n) is 11.1. The summed E-state index contributed by atoms with van der Waals surface area (Å²) in [5.74, 6) is 1.38. The molecule has 8 heteroatoms. The molecule has 0 radical (unpaired) electrons. The van der Waals surface area contributed by atoms with Gasteiger partial charge in [0.15, 0.2) is 0 Å². The molecule has 8 nitrogen and oxygen atoms in total. The monoisotopic (exact) mass is 494 g/mol. The molecule has 196 valence electrons. The number of fused-ring (bicyclic) bond motifs is 4. The Bertz CT molecular complexity index is 941. The summed E-state index contributed by atoms with van der Waals surface area (Å²) in [5.41, 5.74) is 2.46. The summed E-state index contributed by atoms with van der Waals surface area (Å²) >= 11 is 0. The summed E-state index contributed by atoms with van der Waals surface area (Å²) < 4.78 is 10.2. The molecule has 4 aliphatic heterocycles. The number of hydrogen-bond acceptors (Lipinski definition) is 8. The van der Waals surface area contributed by atoms with E-state index < -0.39 is 0 Å². The first-order valence-electron chi connectivity index (χ1n) is 13.4. The van der Waals surface area contributed by atoms with Crippen molar-refractivity contribution < 1.29 is 9.47 Å². The Morgan fingerprint density at radius 2 is 1.28 bits per heavy atom. The van der Waals surface area contributed by atoms with Crippen molar-refractivity contribution in [2.45, 2.75) is 76.8 Å². The Kier molecular flexibility index (Phi) is 7.26. The van der Waals surface area contributed by atoms with Gasteiger partial charge in [0.1, 0.15) is 0 Å². The van der Waals surface area contributed by atoms with E-state index in [1.165, 1.54) is 43.9 Å². The number of anilines is 2. The SMILES string of the molecule is COc1ccc(N2C3CC2CN(C(C)C)C3)cn1.COc1ccc(N2CC3CC2CN3C(C)C)cn1. The summed E-state index contributed by atoms with van der Waals surface area (Å²) in [6.07, 6.45) is 6.49. The van der Waals surface area contributed by atoms with Crippen molar-refractivity contribution in [3.8, 4) is 11.8 Å². The molecule has 4 saturated heterocycles. The minimum Gasteiger partial charge on any atom is -0.481 e. The molecule has 6 rings (SSSR count). The van der Waals surface area contributed by atoms with Crippen LogP contribution in [0.4, 0.5) is 11.4 Å². The van der Waals surface area contributed by atoms with Crippen LogP contribution in [0.5, 0.6) is 11.8 Å². The highest BCUT2D eigenvalue weighted by Gasteiger charge is 2.45. The van der Waals surface area contributed by atoms with Crippen molar-refractivity contribution in [1.82, 2.24) is 19.8 Å². The van der Waals surface area contributed by atoms with Crippen molar-refractivity contribution >= 4 is 11.4 Å². The average Bonchev–Trinajstić information content (AvgIpc) is 3.51. The van der Waals surface area contributed by atoms with E-state index in [2.05, 4.69) is 69.4 Å². The molecule has 4 unspecified atom stereocenters. The van der Waals surface area contributed by atoms with Crippen LogP contribution in [0.15, 0.2) is 36.7 Å². The fourth-order valence-electron chi connectivity index (χ4n) is 6.44. The molecule has 0 aromatic carbocycles. The zero-order valence-electron chi connectivity index (χ0n) is 22.7. The van der Waals surface area contributed by atoms with Gasteiger partial charge in [-0.25, -0.2) is 9.97 Å². The standard InChI is InChI=1S/2C14H21N3O/c1-10(2)16-8-13-6-12(16)9-17(13)11-4-5-14(18-3)15-7-11;1-10(2)16-8-12-6-13(9-16)17(12)11-4-5-14(18-3)15-7-11/h2*4-5,7,10,12-13H,6,8-9H2,1-3H3. The lowest BCUT2D eigenvalue weighted by Crippen LogP contribution is -2.69. The topological polar surface area (TPSA) is 57.2 Å². The number of piperazine rings is 2. The van der Waals surface area contributed by atoms with Crippen molar-refractivity contribution in [3.05, 3.63) is 36.7 Å². The van der Waals surface area contributed by atoms with Crippen molar-refractivity contribution in [2.24, 2.45) is 0 Å². The van der Waals surface area contributed by atoms with Crippen LogP contribution < -0.4 is 19.3 Å². The molecule has 0 aliphatic carbocycles. The van der Waals surface area contributed by atoms with E-state index in [4.69, 9.17) is 9.47 Å². The largest absolute Gasteiger partial charge is 0.481 e. The van der Waals surface area contributed by atoms with Crippen LogP contribution >= 0.6 is 0 Å². The third-order valence-electron chi connectivity index (χ3n) is 8.39. The Morgan fingerprint density at radius 3 is 1.72 bits per heavy atom. The molecule has 2 aromatic rings. The smallest absolute Gasteiger partial charge is 0.213 e. The van der Waals surface area contributed by atoms with Crippen LogP contribution in [-0.2, 0) is 0 Å². The second-order valence-corrected chi connectivity index (χ2v) is 11.1. The van der Waals surface area contributed by atoms with E-state index in [1.54, 1.807) is 14.2 Å². The van der Waals surface area contributed by atoms with Gasteiger partial charge in [-0.2, -0.15) is 0 Å². The molecule has 4 atom stereocenters. The first kappa shape index (κ1) is 25.1. The Balaban J connectivity index is 0.000000148. The van der Waals surface area contributed by atoms with Gasteiger partial charge in [0.05, 0.1) is 38.0 Å². The third-order valence-corrected chi connectivity index (χ3v) is 8.39. The fraction of sp³-hybridized carbons (Fsp3) is 0.643. The summed E-state index contributed by atoms with van der Waals surface area (Å²) in [5, 5.41) is 0. The first-order chi connectivity index (χ1) is 17.4. The summed E-state index contributed by atoms with van der Waals surface area (Å²) in [4.78, 5) is 18.8.